The molecule has 3 rings (SSSR count). The Kier molecular flexibility index (Phi) is 4.65. The van der Waals surface area contributed by atoms with Crippen LogP contribution in [0.4, 0.5) is 0 Å². The van der Waals surface area contributed by atoms with Crippen molar-refractivity contribution in [1.29, 1.82) is 0 Å². The molecule has 2 aromatic rings. The van der Waals surface area contributed by atoms with Gasteiger partial charge in [-0.3, -0.25) is 9.59 Å². The van der Waals surface area contributed by atoms with Crippen molar-refractivity contribution < 1.29 is 14.3 Å². The Morgan fingerprint density at radius 3 is 2.75 bits per heavy atom. The highest BCUT2D eigenvalue weighted by Crippen LogP contribution is 2.31. The molecule has 0 heterocycles. The largest absolute Gasteiger partial charge is 0.496 e. The van der Waals surface area contributed by atoms with Crippen LogP contribution in [0.15, 0.2) is 42.5 Å². The molecule has 0 unspecified atom stereocenters. The third kappa shape index (κ3) is 3.32. The fourth-order valence-electron chi connectivity index (χ4n) is 3.26. The van der Waals surface area contributed by atoms with Crippen LogP contribution in [0.2, 0.25) is 0 Å². The average Bonchev–Trinajstić information content (AvgIpc) is 2.98. The van der Waals surface area contributed by atoms with E-state index in [1.807, 2.05) is 12.1 Å². The second-order valence-corrected chi connectivity index (χ2v) is 6.12. The van der Waals surface area contributed by atoms with Crippen molar-refractivity contribution in [1.82, 2.24) is 5.32 Å². The molecular weight excluding hydrogens is 302 g/mol. The first-order valence-corrected chi connectivity index (χ1v) is 8.13. The molecule has 2 aromatic carbocycles. The number of aryl methyl sites for hydroxylation is 1. The molecule has 1 amide bonds. The Balaban J connectivity index is 1.74. The SMILES string of the molecule is COc1ccc(C(C)=O)cc1CC(=O)N[C@H]1CCc2ccccc21. The third-order valence-electron chi connectivity index (χ3n) is 4.51. The van der Waals surface area contributed by atoms with Gasteiger partial charge in [0.25, 0.3) is 0 Å². The number of carbonyl (C=O) groups excluding carboxylic acids is 2. The molecule has 0 fully saturated rings. The van der Waals surface area contributed by atoms with E-state index in [0.29, 0.717) is 11.3 Å². The second kappa shape index (κ2) is 6.87. The van der Waals surface area contributed by atoms with Crippen LogP contribution in [-0.4, -0.2) is 18.8 Å². The number of methoxy groups -OCH3 is 1. The van der Waals surface area contributed by atoms with Crippen molar-refractivity contribution in [3.8, 4) is 5.75 Å². The number of rotatable bonds is 5. The summed E-state index contributed by atoms with van der Waals surface area (Å²) in [7, 11) is 1.57. The van der Waals surface area contributed by atoms with Crippen molar-refractivity contribution in [2.45, 2.75) is 32.2 Å². The molecule has 124 valence electrons. The standard InChI is InChI=1S/C20H21NO3/c1-13(22)15-8-10-19(24-2)16(11-15)12-20(23)21-18-9-7-14-5-3-4-6-17(14)18/h3-6,8,10-11,18H,7,9,12H2,1-2H3,(H,21,23)/t18-/m0/s1. The smallest absolute Gasteiger partial charge is 0.225 e. The van der Waals surface area contributed by atoms with E-state index >= 15 is 0 Å². The van der Waals surface area contributed by atoms with Crippen LogP contribution in [0, 0.1) is 0 Å². The molecule has 1 N–H and O–H groups in total. The Morgan fingerprint density at radius 1 is 1.21 bits per heavy atom. The number of Topliss-reactive ketones (excluding diaryl/α,β-unsaturated/α-hetero) is 1. The number of nitrogens with one attached hydrogen (secondary N) is 1. The molecular formula is C20H21NO3. The third-order valence-corrected chi connectivity index (χ3v) is 4.51. The molecule has 0 aromatic heterocycles. The van der Waals surface area contributed by atoms with E-state index < -0.39 is 0 Å². The Bertz CT molecular complexity index is 782. The van der Waals surface area contributed by atoms with Gasteiger partial charge in [-0.1, -0.05) is 24.3 Å². The zero-order chi connectivity index (χ0) is 17.1. The zero-order valence-electron chi connectivity index (χ0n) is 14.0. The Labute approximate surface area is 141 Å². The highest BCUT2D eigenvalue weighted by molar-refractivity contribution is 5.94. The minimum absolute atomic E-state index is 0.0240. The van der Waals surface area contributed by atoms with Crippen LogP contribution in [0.5, 0.6) is 5.75 Å². The predicted molar refractivity (Wildman–Crippen MR) is 92.3 cm³/mol. The lowest BCUT2D eigenvalue weighted by Gasteiger charge is -2.15. The lowest BCUT2D eigenvalue weighted by atomic mass is 10.0. The topological polar surface area (TPSA) is 55.4 Å². The van der Waals surface area contributed by atoms with Gasteiger partial charge >= 0.3 is 0 Å². The van der Waals surface area contributed by atoms with Gasteiger partial charge in [-0.25, -0.2) is 0 Å². The first kappa shape index (κ1) is 16.2. The number of benzene rings is 2. The summed E-state index contributed by atoms with van der Waals surface area (Å²) in [5.41, 5.74) is 3.83. The molecule has 0 spiro atoms. The van der Waals surface area contributed by atoms with Crippen LogP contribution in [0.1, 0.15) is 46.4 Å². The van der Waals surface area contributed by atoms with E-state index in [1.54, 1.807) is 25.3 Å². The van der Waals surface area contributed by atoms with Gasteiger partial charge in [0.1, 0.15) is 5.75 Å². The number of hydrogen-bond donors (Lipinski definition) is 1. The van der Waals surface area contributed by atoms with Crippen molar-refractivity contribution in [3.05, 3.63) is 64.7 Å². The van der Waals surface area contributed by atoms with E-state index in [1.165, 1.54) is 18.1 Å². The molecule has 4 heteroatoms. The van der Waals surface area contributed by atoms with Gasteiger partial charge in [-0.05, 0) is 49.1 Å². The second-order valence-electron chi connectivity index (χ2n) is 6.12. The maximum atomic E-state index is 12.5. The zero-order valence-corrected chi connectivity index (χ0v) is 14.0. The molecule has 1 aliphatic carbocycles. The Hall–Kier alpha value is -2.62. The van der Waals surface area contributed by atoms with E-state index in [9.17, 15) is 9.59 Å². The van der Waals surface area contributed by atoms with Gasteiger partial charge in [0.15, 0.2) is 5.78 Å². The highest BCUT2D eigenvalue weighted by Gasteiger charge is 2.23. The lowest BCUT2D eigenvalue weighted by molar-refractivity contribution is -0.121. The van der Waals surface area contributed by atoms with Gasteiger partial charge in [0.05, 0.1) is 19.6 Å². The van der Waals surface area contributed by atoms with Gasteiger partial charge in [0.2, 0.25) is 5.91 Å². The van der Waals surface area contributed by atoms with Crippen molar-refractivity contribution >= 4 is 11.7 Å². The molecule has 1 atom stereocenters. The lowest BCUT2D eigenvalue weighted by Crippen LogP contribution is -2.28. The number of ether oxygens (including phenoxy) is 1. The summed E-state index contributed by atoms with van der Waals surface area (Å²) < 4.78 is 5.32. The normalized spacial score (nSPS) is 15.7. The fourth-order valence-corrected chi connectivity index (χ4v) is 3.26. The molecule has 0 bridgehead atoms. The molecule has 0 radical (unpaired) electrons. The number of carbonyl (C=O) groups is 2. The molecule has 1 aliphatic rings. The summed E-state index contributed by atoms with van der Waals surface area (Å²) in [4.78, 5) is 24.0. The molecule has 24 heavy (non-hydrogen) atoms. The monoisotopic (exact) mass is 323 g/mol. The summed E-state index contributed by atoms with van der Waals surface area (Å²) >= 11 is 0. The van der Waals surface area contributed by atoms with Crippen molar-refractivity contribution in [2.75, 3.05) is 7.11 Å². The summed E-state index contributed by atoms with van der Waals surface area (Å²) in [5, 5.41) is 3.10. The first-order valence-electron chi connectivity index (χ1n) is 8.13. The number of ketones is 1. The fraction of sp³-hybridized carbons (Fsp3) is 0.300. The summed E-state index contributed by atoms with van der Waals surface area (Å²) in [6.07, 6.45) is 2.11. The minimum Gasteiger partial charge on any atom is -0.496 e. The average molecular weight is 323 g/mol. The van der Waals surface area contributed by atoms with Crippen LogP contribution in [-0.2, 0) is 17.6 Å². The van der Waals surface area contributed by atoms with Crippen LogP contribution >= 0.6 is 0 Å². The summed E-state index contributed by atoms with van der Waals surface area (Å²) in [6.45, 7) is 1.52. The minimum atomic E-state index is -0.0595. The highest BCUT2D eigenvalue weighted by atomic mass is 16.5. The van der Waals surface area contributed by atoms with E-state index in [4.69, 9.17) is 4.74 Å². The summed E-state index contributed by atoms with van der Waals surface area (Å²) in [5.74, 6) is 0.543. The van der Waals surface area contributed by atoms with E-state index in [-0.39, 0.29) is 24.2 Å². The van der Waals surface area contributed by atoms with Gasteiger partial charge in [0, 0.05) is 11.1 Å². The number of amides is 1. The quantitative estimate of drug-likeness (QED) is 0.860. The molecule has 0 saturated carbocycles. The molecule has 0 aliphatic heterocycles. The first-order chi connectivity index (χ1) is 11.6. The van der Waals surface area contributed by atoms with E-state index in [0.717, 1.165) is 18.4 Å². The molecule has 0 saturated heterocycles. The number of hydrogen-bond acceptors (Lipinski definition) is 3. The van der Waals surface area contributed by atoms with Crippen molar-refractivity contribution in [3.63, 3.8) is 0 Å². The van der Waals surface area contributed by atoms with Gasteiger partial charge in [-0.15, -0.1) is 0 Å². The maximum absolute atomic E-state index is 12.5. The van der Waals surface area contributed by atoms with E-state index in [2.05, 4.69) is 17.4 Å². The maximum Gasteiger partial charge on any atom is 0.225 e. The number of fused-ring (bicyclic) bond motifs is 1. The van der Waals surface area contributed by atoms with Crippen molar-refractivity contribution in [2.24, 2.45) is 0 Å². The Morgan fingerprint density at radius 2 is 2.00 bits per heavy atom. The van der Waals surface area contributed by atoms with Crippen LogP contribution < -0.4 is 10.1 Å². The van der Waals surface area contributed by atoms with Gasteiger partial charge < -0.3 is 10.1 Å². The predicted octanol–water partition coefficient (Wildman–Crippen LogP) is 3.24. The van der Waals surface area contributed by atoms with Crippen LogP contribution in [0.25, 0.3) is 0 Å². The molecule has 4 nitrogen and oxygen atoms in total. The van der Waals surface area contributed by atoms with Gasteiger partial charge in [-0.2, -0.15) is 0 Å². The summed E-state index contributed by atoms with van der Waals surface area (Å²) in [6, 6.07) is 13.5. The van der Waals surface area contributed by atoms with Crippen LogP contribution in [0.3, 0.4) is 0 Å².